The summed E-state index contributed by atoms with van der Waals surface area (Å²) in [7, 11) is 0. The van der Waals surface area contributed by atoms with Crippen LogP contribution in [0.4, 0.5) is 0 Å². The summed E-state index contributed by atoms with van der Waals surface area (Å²) < 4.78 is 10.7. The Kier molecular flexibility index (Phi) is 4.35. The van der Waals surface area contributed by atoms with Gasteiger partial charge in [0.25, 0.3) is 0 Å². The molecule has 0 unspecified atom stereocenters. The zero-order valence-corrected chi connectivity index (χ0v) is 14.5. The first-order valence-electron chi connectivity index (χ1n) is 8.98. The first-order valence-corrected chi connectivity index (χ1v) is 8.98. The highest BCUT2D eigenvalue weighted by atomic mass is 16.7. The summed E-state index contributed by atoms with van der Waals surface area (Å²) in [5.41, 5.74) is 5.19. The van der Waals surface area contributed by atoms with Gasteiger partial charge < -0.3 is 14.8 Å². The van der Waals surface area contributed by atoms with Crippen LogP contribution in [-0.4, -0.2) is 12.7 Å². The Balaban J connectivity index is 1.32. The van der Waals surface area contributed by atoms with Gasteiger partial charge in [0, 0.05) is 6.42 Å². The second kappa shape index (κ2) is 6.79. The van der Waals surface area contributed by atoms with Gasteiger partial charge in [0.1, 0.15) is 0 Å². The van der Waals surface area contributed by atoms with Crippen LogP contribution >= 0.6 is 0 Å². The number of hydrogen-bond donors (Lipinski definition) is 1. The van der Waals surface area contributed by atoms with Crippen molar-refractivity contribution in [1.82, 2.24) is 5.32 Å². The average Bonchev–Trinajstić information content (AvgIpc) is 3.27. The van der Waals surface area contributed by atoms with Crippen LogP contribution in [0.25, 0.3) is 0 Å². The molecule has 2 aliphatic rings. The van der Waals surface area contributed by atoms with Gasteiger partial charge in [0.15, 0.2) is 11.5 Å². The maximum atomic E-state index is 12.3. The topological polar surface area (TPSA) is 47.6 Å². The number of nitrogens with one attached hydrogen (secondary N) is 1. The molecule has 0 aromatic heterocycles. The Labute approximate surface area is 148 Å². The minimum absolute atomic E-state index is 0.0372. The van der Waals surface area contributed by atoms with Gasteiger partial charge in [0.05, 0.1) is 6.04 Å². The molecule has 4 heteroatoms. The Morgan fingerprint density at radius 1 is 1.08 bits per heavy atom. The Hall–Kier alpha value is -2.49. The van der Waals surface area contributed by atoms with Crippen molar-refractivity contribution in [3.63, 3.8) is 0 Å². The molecule has 25 heavy (non-hydrogen) atoms. The fourth-order valence-corrected chi connectivity index (χ4v) is 3.61. The number of amides is 1. The number of hydrogen-bond acceptors (Lipinski definition) is 3. The minimum atomic E-state index is 0.0372. The predicted octanol–water partition coefficient (Wildman–Crippen LogP) is 3.71. The Morgan fingerprint density at radius 2 is 1.92 bits per heavy atom. The fraction of sp³-hybridized carbons (Fsp3) is 0.381. The summed E-state index contributed by atoms with van der Waals surface area (Å²) in [6.07, 6.45) is 4.75. The zero-order valence-electron chi connectivity index (χ0n) is 14.5. The molecule has 2 aromatic carbocycles. The number of benzene rings is 2. The van der Waals surface area contributed by atoms with Crippen LogP contribution in [0.1, 0.15) is 48.1 Å². The van der Waals surface area contributed by atoms with Gasteiger partial charge in [-0.3, -0.25) is 4.79 Å². The molecule has 1 heterocycles. The van der Waals surface area contributed by atoms with Crippen molar-refractivity contribution in [2.45, 2.75) is 45.1 Å². The molecule has 0 spiro atoms. The molecule has 1 aliphatic carbocycles. The van der Waals surface area contributed by atoms with Gasteiger partial charge in [0.2, 0.25) is 12.7 Å². The largest absolute Gasteiger partial charge is 0.454 e. The summed E-state index contributed by atoms with van der Waals surface area (Å²) >= 11 is 0. The van der Waals surface area contributed by atoms with Crippen LogP contribution in [0.15, 0.2) is 36.4 Å². The third-order valence-electron chi connectivity index (χ3n) is 5.08. The second-order valence-corrected chi connectivity index (χ2v) is 6.86. The zero-order chi connectivity index (χ0) is 17.2. The van der Waals surface area contributed by atoms with E-state index in [0.29, 0.717) is 12.8 Å². The molecule has 0 bridgehead atoms. The van der Waals surface area contributed by atoms with Crippen LogP contribution in [0.2, 0.25) is 0 Å². The normalized spacial score (nSPS) is 15.7. The van der Waals surface area contributed by atoms with E-state index in [9.17, 15) is 4.79 Å². The van der Waals surface area contributed by atoms with E-state index in [1.54, 1.807) is 0 Å². The first-order chi connectivity index (χ1) is 12.2. The van der Waals surface area contributed by atoms with E-state index < -0.39 is 0 Å². The smallest absolute Gasteiger partial charge is 0.231 e. The lowest BCUT2D eigenvalue weighted by Crippen LogP contribution is -2.26. The SMILES string of the molecule is C[C@H](NC(=O)CCc1ccc2c(c1)OCO2)c1ccc2c(c1)CCC2. The van der Waals surface area contributed by atoms with Crippen molar-refractivity contribution in [3.8, 4) is 11.5 Å². The lowest BCUT2D eigenvalue weighted by atomic mass is 10.0. The average molecular weight is 337 g/mol. The number of ether oxygens (including phenoxy) is 2. The molecule has 2 aromatic rings. The second-order valence-electron chi connectivity index (χ2n) is 6.86. The van der Waals surface area contributed by atoms with Crippen molar-refractivity contribution >= 4 is 5.91 Å². The summed E-state index contributed by atoms with van der Waals surface area (Å²) in [5.74, 6) is 1.62. The standard InChI is InChI=1S/C21H23NO3/c1-14(17-8-7-16-3-2-4-18(16)12-17)22-21(23)10-6-15-5-9-19-20(11-15)25-13-24-19/h5,7-9,11-12,14H,2-4,6,10,13H2,1H3,(H,22,23)/t14-/m0/s1. The van der Waals surface area contributed by atoms with Crippen LogP contribution in [0, 0.1) is 0 Å². The summed E-state index contributed by atoms with van der Waals surface area (Å²) in [4.78, 5) is 12.3. The predicted molar refractivity (Wildman–Crippen MR) is 95.9 cm³/mol. The molecule has 0 radical (unpaired) electrons. The molecule has 4 rings (SSSR count). The third-order valence-corrected chi connectivity index (χ3v) is 5.08. The number of carbonyl (C=O) groups is 1. The van der Waals surface area contributed by atoms with E-state index in [0.717, 1.165) is 23.5 Å². The van der Waals surface area contributed by atoms with E-state index in [2.05, 4.69) is 30.4 Å². The highest BCUT2D eigenvalue weighted by Gasteiger charge is 2.16. The van der Waals surface area contributed by atoms with Crippen LogP contribution in [0.3, 0.4) is 0 Å². The van der Waals surface area contributed by atoms with Crippen molar-refractivity contribution in [1.29, 1.82) is 0 Å². The molecule has 1 N–H and O–H groups in total. The molecule has 1 atom stereocenters. The molecule has 130 valence electrons. The summed E-state index contributed by atoms with van der Waals surface area (Å²) in [5, 5.41) is 3.12. The van der Waals surface area contributed by atoms with Crippen molar-refractivity contribution in [2.24, 2.45) is 0 Å². The quantitative estimate of drug-likeness (QED) is 0.905. The van der Waals surface area contributed by atoms with E-state index in [1.165, 1.54) is 29.5 Å². The molecule has 0 saturated heterocycles. The highest BCUT2D eigenvalue weighted by Crippen LogP contribution is 2.32. The third kappa shape index (κ3) is 3.48. The van der Waals surface area contributed by atoms with Crippen molar-refractivity contribution < 1.29 is 14.3 Å². The molecule has 0 saturated carbocycles. The van der Waals surface area contributed by atoms with Crippen LogP contribution < -0.4 is 14.8 Å². The maximum absolute atomic E-state index is 12.3. The van der Waals surface area contributed by atoms with Crippen LogP contribution in [0.5, 0.6) is 11.5 Å². The summed E-state index contributed by atoms with van der Waals surface area (Å²) in [6, 6.07) is 12.5. The van der Waals surface area contributed by atoms with Gasteiger partial charge in [-0.05, 0) is 67.0 Å². The monoisotopic (exact) mass is 337 g/mol. The van der Waals surface area contributed by atoms with Gasteiger partial charge in [-0.1, -0.05) is 24.3 Å². The van der Waals surface area contributed by atoms with E-state index in [4.69, 9.17) is 9.47 Å². The molecule has 1 aliphatic heterocycles. The van der Waals surface area contributed by atoms with Gasteiger partial charge in [-0.15, -0.1) is 0 Å². The van der Waals surface area contributed by atoms with Crippen molar-refractivity contribution in [2.75, 3.05) is 6.79 Å². The first kappa shape index (κ1) is 16.0. The van der Waals surface area contributed by atoms with Gasteiger partial charge in [-0.25, -0.2) is 0 Å². The Morgan fingerprint density at radius 3 is 2.84 bits per heavy atom. The lowest BCUT2D eigenvalue weighted by molar-refractivity contribution is -0.121. The number of carbonyl (C=O) groups excluding carboxylic acids is 1. The van der Waals surface area contributed by atoms with Crippen molar-refractivity contribution in [3.05, 3.63) is 58.7 Å². The molecular weight excluding hydrogens is 314 g/mol. The Bertz CT molecular complexity index is 800. The molecular formula is C21H23NO3. The van der Waals surface area contributed by atoms with E-state index >= 15 is 0 Å². The highest BCUT2D eigenvalue weighted by molar-refractivity contribution is 5.76. The number of aryl methyl sites for hydroxylation is 3. The van der Waals surface area contributed by atoms with Gasteiger partial charge >= 0.3 is 0 Å². The number of fused-ring (bicyclic) bond motifs is 2. The van der Waals surface area contributed by atoms with Crippen LogP contribution in [-0.2, 0) is 24.1 Å². The number of rotatable bonds is 5. The fourth-order valence-electron chi connectivity index (χ4n) is 3.61. The maximum Gasteiger partial charge on any atom is 0.231 e. The van der Waals surface area contributed by atoms with E-state index in [1.807, 2.05) is 18.2 Å². The van der Waals surface area contributed by atoms with E-state index in [-0.39, 0.29) is 18.7 Å². The molecule has 4 nitrogen and oxygen atoms in total. The molecule has 1 amide bonds. The lowest BCUT2D eigenvalue weighted by Gasteiger charge is -2.16. The van der Waals surface area contributed by atoms with Gasteiger partial charge in [-0.2, -0.15) is 0 Å². The minimum Gasteiger partial charge on any atom is -0.454 e. The molecule has 0 fully saturated rings. The summed E-state index contributed by atoms with van der Waals surface area (Å²) in [6.45, 7) is 2.33.